The van der Waals surface area contributed by atoms with Gasteiger partial charge in [-0.05, 0) is 18.5 Å². The molecule has 0 radical (unpaired) electrons. The summed E-state index contributed by atoms with van der Waals surface area (Å²) in [5.41, 5.74) is 0. The molecule has 1 rings (SSSR count). The molecule has 0 saturated carbocycles. The molecule has 0 aliphatic heterocycles. The number of carbonyl (C=O) groups excluding carboxylic acids is 1. The van der Waals surface area contributed by atoms with Gasteiger partial charge < -0.3 is 9.47 Å². The van der Waals surface area contributed by atoms with E-state index in [4.69, 9.17) is 12.2 Å². The molecular weight excluding hydrogens is 256 g/mol. The minimum absolute atomic E-state index is 0.215. The van der Waals surface area contributed by atoms with E-state index in [0.717, 1.165) is 11.6 Å². The molecule has 0 fully saturated rings. The standard InChI is InChI=1S/C10H18N4OS2/c1-7(6-17-5)8-11-14(9(15)12(2)3)10(16)13(8)4/h7H,6H2,1-5H3. The van der Waals surface area contributed by atoms with Gasteiger partial charge in [0.25, 0.3) is 0 Å². The Kier molecular flexibility index (Phi) is 4.76. The van der Waals surface area contributed by atoms with Crippen molar-refractivity contribution in [3.8, 4) is 0 Å². The second-order valence-electron chi connectivity index (χ2n) is 4.14. The third-order valence-electron chi connectivity index (χ3n) is 2.44. The van der Waals surface area contributed by atoms with Gasteiger partial charge in [-0.25, -0.2) is 4.79 Å². The number of thioether (sulfide) groups is 1. The molecule has 0 bridgehead atoms. The Morgan fingerprint density at radius 2 is 2.18 bits per heavy atom. The number of aromatic nitrogens is 3. The van der Waals surface area contributed by atoms with E-state index in [-0.39, 0.29) is 11.9 Å². The van der Waals surface area contributed by atoms with Gasteiger partial charge in [-0.3, -0.25) is 0 Å². The van der Waals surface area contributed by atoms with Crippen LogP contribution in [0.1, 0.15) is 18.7 Å². The summed E-state index contributed by atoms with van der Waals surface area (Å²) in [7, 11) is 5.22. The second-order valence-corrected chi connectivity index (χ2v) is 5.42. The summed E-state index contributed by atoms with van der Waals surface area (Å²) in [5, 5.41) is 4.32. The lowest BCUT2D eigenvalue weighted by Gasteiger charge is -2.08. The van der Waals surface area contributed by atoms with Crippen LogP contribution in [0, 0.1) is 4.77 Å². The molecule has 5 nitrogen and oxygen atoms in total. The average Bonchev–Trinajstić information content (AvgIpc) is 2.55. The van der Waals surface area contributed by atoms with Crippen LogP contribution in [0.15, 0.2) is 0 Å². The van der Waals surface area contributed by atoms with Gasteiger partial charge in [0.15, 0.2) is 0 Å². The summed E-state index contributed by atoms with van der Waals surface area (Å²) in [6.45, 7) is 2.08. The molecule has 1 amide bonds. The lowest BCUT2D eigenvalue weighted by atomic mass is 10.2. The Morgan fingerprint density at radius 3 is 2.65 bits per heavy atom. The third-order valence-corrected chi connectivity index (χ3v) is 3.72. The zero-order valence-electron chi connectivity index (χ0n) is 10.8. The first-order valence-electron chi connectivity index (χ1n) is 5.26. The summed E-state index contributed by atoms with van der Waals surface area (Å²) in [6.07, 6.45) is 2.05. The molecule has 1 unspecified atom stereocenters. The highest BCUT2D eigenvalue weighted by Gasteiger charge is 2.18. The SMILES string of the molecule is CSCC(C)c1nn(C(=O)N(C)C)c(=S)n1C. The molecule has 1 aromatic rings. The Labute approximate surface area is 111 Å². The molecular formula is C10H18N4OS2. The van der Waals surface area contributed by atoms with Gasteiger partial charge in [0.1, 0.15) is 5.82 Å². The van der Waals surface area contributed by atoms with E-state index >= 15 is 0 Å². The van der Waals surface area contributed by atoms with Gasteiger partial charge >= 0.3 is 6.03 Å². The lowest BCUT2D eigenvalue weighted by Crippen LogP contribution is -2.28. The van der Waals surface area contributed by atoms with Crippen molar-refractivity contribution < 1.29 is 4.79 Å². The maximum atomic E-state index is 11.9. The van der Waals surface area contributed by atoms with Crippen molar-refractivity contribution in [2.24, 2.45) is 7.05 Å². The van der Waals surface area contributed by atoms with Crippen LogP contribution in [-0.2, 0) is 7.05 Å². The van der Waals surface area contributed by atoms with E-state index in [1.54, 1.807) is 30.4 Å². The number of hydrogen-bond acceptors (Lipinski definition) is 4. The molecule has 96 valence electrons. The highest BCUT2D eigenvalue weighted by Crippen LogP contribution is 2.17. The van der Waals surface area contributed by atoms with Crippen LogP contribution in [0.3, 0.4) is 0 Å². The van der Waals surface area contributed by atoms with E-state index < -0.39 is 0 Å². The van der Waals surface area contributed by atoms with Gasteiger partial charge in [-0.1, -0.05) is 6.92 Å². The van der Waals surface area contributed by atoms with Gasteiger partial charge in [-0.2, -0.15) is 16.4 Å². The zero-order valence-corrected chi connectivity index (χ0v) is 12.4. The van der Waals surface area contributed by atoms with Crippen LogP contribution in [0.25, 0.3) is 0 Å². The number of rotatable bonds is 3. The average molecular weight is 274 g/mol. The Hall–Kier alpha value is -0.820. The van der Waals surface area contributed by atoms with E-state index in [2.05, 4.69) is 12.0 Å². The quantitative estimate of drug-likeness (QED) is 0.790. The highest BCUT2D eigenvalue weighted by atomic mass is 32.2. The molecule has 0 saturated heterocycles. The van der Waals surface area contributed by atoms with Gasteiger partial charge in [-0.15, -0.1) is 5.10 Å². The fraction of sp³-hybridized carbons (Fsp3) is 0.700. The smallest absolute Gasteiger partial charge is 0.329 e. The number of carbonyl (C=O) groups is 1. The monoisotopic (exact) mass is 274 g/mol. The maximum Gasteiger partial charge on any atom is 0.346 e. The van der Waals surface area contributed by atoms with Gasteiger partial charge in [0, 0.05) is 32.8 Å². The van der Waals surface area contributed by atoms with Gasteiger partial charge in [0.05, 0.1) is 0 Å². The minimum Gasteiger partial charge on any atom is -0.329 e. The maximum absolute atomic E-state index is 11.9. The molecule has 7 heteroatoms. The van der Waals surface area contributed by atoms with Crippen LogP contribution in [0.4, 0.5) is 4.79 Å². The molecule has 0 N–H and O–H groups in total. The lowest BCUT2D eigenvalue weighted by molar-refractivity contribution is 0.215. The first kappa shape index (κ1) is 14.2. The Morgan fingerprint density at radius 1 is 1.59 bits per heavy atom. The normalized spacial score (nSPS) is 12.5. The topological polar surface area (TPSA) is 43.1 Å². The molecule has 17 heavy (non-hydrogen) atoms. The van der Waals surface area contributed by atoms with Crippen LogP contribution in [0.5, 0.6) is 0 Å². The first-order chi connectivity index (χ1) is 7.90. The van der Waals surface area contributed by atoms with Crippen LogP contribution in [0.2, 0.25) is 0 Å². The van der Waals surface area contributed by atoms with E-state index in [1.807, 2.05) is 13.3 Å². The Bertz CT molecular complexity index is 463. The number of hydrogen-bond donors (Lipinski definition) is 0. The summed E-state index contributed by atoms with van der Waals surface area (Å²) >= 11 is 6.97. The highest BCUT2D eigenvalue weighted by molar-refractivity contribution is 7.98. The number of amides is 1. The van der Waals surface area contributed by atoms with Crippen LogP contribution in [-0.4, -0.2) is 51.4 Å². The van der Waals surface area contributed by atoms with Crippen molar-refractivity contribution in [1.29, 1.82) is 0 Å². The predicted molar refractivity (Wildman–Crippen MR) is 73.3 cm³/mol. The van der Waals surface area contributed by atoms with E-state index in [1.165, 1.54) is 9.58 Å². The molecule has 0 aliphatic carbocycles. The van der Waals surface area contributed by atoms with E-state index in [0.29, 0.717) is 4.77 Å². The Balaban J connectivity index is 3.17. The summed E-state index contributed by atoms with van der Waals surface area (Å²) in [4.78, 5) is 13.3. The van der Waals surface area contributed by atoms with Crippen molar-refractivity contribution in [3.63, 3.8) is 0 Å². The number of nitrogens with zero attached hydrogens (tertiary/aromatic N) is 4. The second kappa shape index (κ2) is 5.68. The van der Waals surface area contributed by atoms with Gasteiger partial charge in [0.2, 0.25) is 4.77 Å². The minimum atomic E-state index is -0.215. The summed E-state index contributed by atoms with van der Waals surface area (Å²) in [6, 6.07) is -0.215. The fourth-order valence-electron chi connectivity index (χ4n) is 1.52. The molecule has 1 atom stereocenters. The molecule has 0 spiro atoms. The van der Waals surface area contributed by atoms with Crippen LogP contribution < -0.4 is 0 Å². The fourth-order valence-corrected chi connectivity index (χ4v) is 2.38. The summed E-state index contributed by atoms with van der Waals surface area (Å²) in [5.74, 6) is 2.07. The molecule has 0 aliphatic rings. The molecule has 1 aromatic heterocycles. The van der Waals surface area contributed by atoms with Crippen molar-refractivity contribution >= 4 is 30.0 Å². The largest absolute Gasteiger partial charge is 0.346 e. The van der Waals surface area contributed by atoms with Crippen molar-refractivity contribution in [3.05, 3.63) is 10.6 Å². The summed E-state index contributed by atoms with van der Waals surface area (Å²) < 4.78 is 3.52. The van der Waals surface area contributed by atoms with Crippen LogP contribution >= 0.6 is 24.0 Å². The molecule has 0 aromatic carbocycles. The van der Waals surface area contributed by atoms with Crippen molar-refractivity contribution in [1.82, 2.24) is 19.2 Å². The third kappa shape index (κ3) is 2.90. The zero-order chi connectivity index (χ0) is 13.2. The van der Waals surface area contributed by atoms with Crippen molar-refractivity contribution in [2.75, 3.05) is 26.1 Å². The molecule has 1 heterocycles. The van der Waals surface area contributed by atoms with E-state index in [9.17, 15) is 4.79 Å². The van der Waals surface area contributed by atoms with Crippen molar-refractivity contribution in [2.45, 2.75) is 12.8 Å². The first-order valence-corrected chi connectivity index (χ1v) is 7.06. The predicted octanol–water partition coefficient (Wildman–Crippen LogP) is 1.95.